The van der Waals surface area contributed by atoms with Gasteiger partial charge in [-0.25, -0.2) is 4.57 Å². The van der Waals surface area contributed by atoms with Crippen LogP contribution in [0.4, 0.5) is 0 Å². The minimum absolute atomic E-state index is 0. The van der Waals surface area contributed by atoms with Gasteiger partial charge in [-0.05, 0) is 27.7 Å². The molecule has 0 aromatic rings. The van der Waals surface area contributed by atoms with Crippen LogP contribution < -0.4 is 18.9 Å². The molecule has 0 saturated heterocycles. The summed E-state index contributed by atoms with van der Waals surface area (Å²) in [6.07, 6.45) is -0.503. The number of phosphoric ester groups is 1. The van der Waals surface area contributed by atoms with Crippen LogP contribution in [0.1, 0.15) is 29.1 Å². The fraction of sp³-hybridized carbons (Fsp3) is 1.00. The van der Waals surface area contributed by atoms with Crippen molar-refractivity contribution < 1.29 is 38.3 Å². The summed E-state index contributed by atoms with van der Waals surface area (Å²) in [6.45, 7) is 6.87. The summed E-state index contributed by atoms with van der Waals surface area (Å²) < 4.78 is 25.3. The molecule has 0 atom stereocenters. The van der Waals surface area contributed by atoms with E-state index in [0.717, 1.165) is 0 Å². The summed E-state index contributed by atoms with van der Waals surface area (Å²) >= 11 is 0. The molecule has 4 nitrogen and oxygen atoms in total. The van der Waals surface area contributed by atoms with Gasteiger partial charge in [-0.15, -0.1) is 0 Å². The van der Waals surface area contributed by atoms with Crippen molar-refractivity contribution >= 4 is 15.9 Å². The molecule has 0 aliphatic rings. The minimum Gasteiger partial charge on any atom is -1.00 e. The first-order chi connectivity index (χ1) is 5.39. The summed E-state index contributed by atoms with van der Waals surface area (Å²) in [4.78, 5) is 0. The molecule has 0 unspecified atom stereocenters. The maximum atomic E-state index is 11.4. The molecule has 0 fully saturated rings. The van der Waals surface area contributed by atoms with Gasteiger partial charge in [0, 0.05) is 0 Å². The molecule has 72 valence electrons. The van der Waals surface area contributed by atoms with Gasteiger partial charge in [0.25, 0.3) is 8.05 Å². The van der Waals surface area contributed by atoms with Crippen molar-refractivity contribution in [3.63, 3.8) is 0 Å². The van der Waals surface area contributed by atoms with Crippen LogP contribution in [0, 0.1) is 0 Å². The van der Waals surface area contributed by atoms with E-state index in [4.69, 9.17) is 17.1 Å². The second kappa shape index (κ2) is 7.12. The van der Waals surface area contributed by atoms with Crippen LogP contribution in [0.15, 0.2) is 0 Å². The quantitative estimate of drug-likeness (QED) is 0.428. The molecule has 0 bridgehead atoms. The average Bonchev–Trinajstić information content (AvgIpc) is 1.83. The van der Waals surface area contributed by atoms with E-state index in [1.165, 1.54) is 0 Å². The third-order valence-electron chi connectivity index (χ3n) is 0.809. The second-order valence-corrected chi connectivity index (χ2v) is 4.39. The Kier molecular flexibility index (Phi) is 8.87. The monoisotopic (exact) mass is 200 g/mol. The van der Waals surface area contributed by atoms with E-state index in [1.54, 1.807) is 27.7 Å². The predicted molar refractivity (Wildman–Crippen MR) is 48.0 cm³/mol. The smallest absolute Gasteiger partial charge is 1.00 e. The van der Waals surface area contributed by atoms with Gasteiger partial charge in [0.1, 0.15) is 0 Å². The van der Waals surface area contributed by atoms with Crippen molar-refractivity contribution in [2.75, 3.05) is 0 Å². The largest absolute Gasteiger partial charge is 1.00 e. The van der Waals surface area contributed by atoms with Crippen LogP contribution in [0.3, 0.4) is 0 Å². The standard InChI is InChI=1S/C6H14BO4P.Li.H/c1-5(2)9-12(8,11-7)10-6(3)4;;/h5-6H,1-4H3;;/q;+1;-1. The molecular weight excluding hydrogens is 185 g/mol. The molecule has 13 heavy (non-hydrogen) atoms. The van der Waals surface area contributed by atoms with E-state index in [1.807, 2.05) is 0 Å². The normalized spacial score (nSPS) is 11.8. The van der Waals surface area contributed by atoms with Gasteiger partial charge < -0.3 is 5.87 Å². The Morgan fingerprint density at radius 2 is 1.46 bits per heavy atom. The number of rotatable bonds is 5. The maximum absolute atomic E-state index is 11.4. The zero-order chi connectivity index (χ0) is 9.78. The number of hydrogen-bond acceptors (Lipinski definition) is 4. The van der Waals surface area contributed by atoms with Crippen LogP contribution in [0.25, 0.3) is 0 Å². The Bertz CT molecular complexity index is 167. The first-order valence-electron chi connectivity index (χ1n) is 3.75. The molecule has 0 amide bonds. The fourth-order valence-corrected chi connectivity index (χ4v) is 1.77. The Balaban J connectivity index is -0.000000605. The molecule has 0 aliphatic heterocycles. The zero-order valence-corrected chi connectivity index (χ0v) is 9.71. The summed E-state index contributed by atoms with van der Waals surface area (Å²) in [7, 11) is 1.26. The predicted octanol–water partition coefficient (Wildman–Crippen LogP) is -0.839. The first-order valence-corrected chi connectivity index (χ1v) is 5.21. The Hall–Kier alpha value is 0.772. The second-order valence-electron chi connectivity index (χ2n) is 2.86. The van der Waals surface area contributed by atoms with Crippen molar-refractivity contribution in [1.82, 2.24) is 0 Å². The third kappa shape index (κ3) is 7.81. The zero-order valence-electron chi connectivity index (χ0n) is 9.81. The summed E-state index contributed by atoms with van der Waals surface area (Å²) in [5.41, 5.74) is 0. The van der Waals surface area contributed by atoms with Gasteiger partial charge in [0.15, 0.2) is 0 Å². The van der Waals surface area contributed by atoms with Gasteiger partial charge in [-0.3, -0.25) is 9.05 Å². The molecule has 0 aromatic heterocycles. The van der Waals surface area contributed by atoms with Crippen LogP contribution in [-0.2, 0) is 18.1 Å². The van der Waals surface area contributed by atoms with E-state index in [-0.39, 0.29) is 32.5 Å². The summed E-state index contributed by atoms with van der Waals surface area (Å²) in [5.74, 6) is 0. The fourth-order valence-electron chi connectivity index (χ4n) is 0.591. The van der Waals surface area contributed by atoms with E-state index in [2.05, 4.69) is 4.44 Å². The molecule has 0 aromatic carbocycles. The van der Waals surface area contributed by atoms with Crippen molar-refractivity contribution in [1.29, 1.82) is 0 Å². The topological polar surface area (TPSA) is 44.8 Å². The minimum atomic E-state index is -3.53. The molecule has 0 spiro atoms. The molecule has 0 aliphatic carbocycles. The molecule has 7 heteroatoms. The Labute approximate surface area is 94.4 Å². The van der Waals surface area contributed by atoms with Gasteiger partial charge in [-0.1, -0.05) is 0 Å². The summed E-state index contributed by atoms with van der Waals surface area (Å²) in [6, 6.07) is 0. The van der Waals surface area contributed by atoms with Crippen molar-refractivity contribution in [2.24, 2.45) is 0 Å². The van der Waals surface area contributed by atoms with Crippen LogP contribution in [0.2, 0.25) is 0 Å². The molecule has 0 saturated carbocycles. The molecule has 0 rings (SSSR count). The van der Waals surface area contributed by atoms with Crippen molar-refractivity contribution in [3.8, 4) is 0 Å². The van der Waals surface area contributed by atoms with E-state index >= 15 is 0 Å². The SMILES string of the molecule is [B]OP(=O)(OC(C)C)OC(C)C.[H-].[Li+]. The molecule has 0 N–H and O–H groups in total. The van der Waals surface area contributed by atoms with E-state index in [0.29, 0.717) is 0 Å². The van der Waals surface area contributed by atoms with Gasteiger partial charge in [0.05, 0.1) is 12.2 Å². The van der Waals surface area contributed by atoms with Crippen LogP contribution in [-0.4, -0.2) is 20.3 Å². The number of phosphoric acid groups is 1. The van der Waals surface area contributed by atoms with Gasteiger partial charge >= 0.3 is 26.7 Å². The summed E-state index contributed by atoms with van der Waals surface area (Å²) in [5, 5.41) is 0. The van der Waals surface area contributed by atoms with Crippen molar-refractivity contribution in [3.05, 3.63) is 0 Å². The van der Waals surface area contributed by atoms with Crippen molar-refractivity contribution in [2.45, 2.75) is 39.9 Å². The molecular formula is C6H15BLiO4P. The van der Waals surface area contributed by atoms with Gasteiger partial charge in [-0.2, -0.15) is 0 Å². The van der Waals surface area contributed by atoms with Crippen LogP contribution in [0.5, 0.6) is 0 Å². The van der Waals surface area contributed by atoms with E-state index < -0.39 is 7.82 Å². The number of hydrogen-bond donors (Lipinski definition) is 0. The molecule has 0 heterocycles. The first kappa shape index (κ1) is 16.2. The maximum Gasteiger partial charge on any atom is 1.00 e. The third-order valence-corrected chi connectivity index (χ3v) is 2.43. The van der Waals surface area contributed by atoms with Crippen LogP contribution >= 0.6 is 7.82 Å². The van der Waals surface area contributed by atoms with Gasteiger partial charge in [0.2, 0.25) is 0 Å². The Morgan fingerprint density at radius 3 is 1.62 bits per heavy atom. The molecule has 2 radical (unpaired) electrons. The Morgan fingerprint density at radius 1 is 1.15 bits per heavy atom. The van der Waals surface area contributed by atoms with E-state index in [9.17, 15) is 4.57 Å². The average molecular weight is 200 g/mol.